The summed E-state index contributed by atoms with van der Waals surface area (Å²) in [6.45, 7) is 0.470. The molecule has 0 spiro atoms. The zero-order valence-corrected chi connectivity index (χ0v) is 15.5. The molecule has 0 aromatic heterocycles. The van der Waals surface area contributed by atoms with E-state index in [1.54, 1.807) is 24.3 Å². The van der Waals surface area contributed by atoms with E-state index in [1.165, 1.54) is 0 Å². The van der Waals surface area contributed by atoms with Crippen molar-refractivity contribution in [3.05, 3.63) is 64.6 Å². The first-order chi connectivity index (χ1) is 11.5. The number of nitrogens with zero attached hydrogens (tertiary/aromatic N) is 1. The van der Waals surface area contributed by atoms with E-state index in [9.17, 15) is 9.00 Å². The van der Waals surface area contributed by atoms with Crippen LogP contribution < -0.4 is 5.73 Å². The fourth-order valence-corrected chi connectivity index (χ4v) is 4.12. The zero-order valence-electron chi connectivity index (χ0n) is 13.1. The first kappa shape index (κ1) is 18.6. The molecule has 0 aliphatic heterocycles. The van der Waals surface area contributed by atoms with E-state index in [1.807, 2.05) is 30.3 Å². The molecule has 1 amide bonds. The van der Waals surface area contributed by atoms with Crippen LogP contribution in [-0.2, 0) is 21.1 Å². The molecule has 1 atom stereocenters. The van der Waals surface area contributed by atoms with Gasteiger partial charge in [0.15, 0.2) is 0 Å². The van der Waals surface area contributed by atoms with Crippen LogP contribution in [0.25, 0.3) is 0 Å². The topological polar surface area (TPSA) is 81.8 Å². The third kappa shape index (κ3) is 5.43. The number of amides is 1. The third-order valence-electron chi connectivity index (χ3n) is 3.23. The summed E-state index contributed by atoms with van der Waals surface area (Å²) in [6.07, 6.45) is -0.325. The van der Waals surface area contributed by atoms with Crippen molar-refractivity contribution in [1.29, 1.82) is 0 Å². The van der Waals surface area contributed by atoms with Crippen LogP contribution in [0.2, 0.25) is 0 Å². The van der Waals surface area contributed by atoms with Crippen molar-refractivity contribution in [1.82, 2.24) is 0 Å². The van der Waals surface area contributed by atoms with E-state index in [2.05, 4.69) is 20.3 Å². The molecule has 2 aromatic rings. The molecule has 0 bridgehead atoms. The van der Waals surface area contributed by atoms with Crippen molar-refractivity contribution in [3.63, 3.8) is 0 Å². The second-order valence-corrected chi connectivity index (χ2v) is 8.33. The van der Waals surface area contributed by atoms with Gasteiger partial charge in [0, 0.05) is 15.1 Å². The van der Waals surface area contributed by atoms with Crippen LogP contribution in [0.15, 0.2) is 68.3 Å². The lowest BCUT2D eigenvalue weighted by Crippen LogP contribution is -2.14. The van der Waals surface area contributed by atoms with Crippen molar-refractivity contribution in [2.45, 2.75) is 17.9 Å². The molecule has 2 N–H and O–H groups in total. The van der Waals surface area contributed by atoms with Gasteiger partial charge in [0.2, 0.25) is 0 Å². The van der Waals surface area contributed by atoms with Crippen molar-refractivity contribution in [3.8, 4) is 0 Å². The molecule has 2 rings (SSSR count). The average Bonchev–Trinajstić information content (AvgIpc) is 2.59. The highest BCUT2D eigenvalue weighted by Crippen LogP contribution is 2.19. The fourth-order valence-electron chi connectivity index (χ4n) is 2.01. The normalized spacial score (nSPS) is 13.1. The Morgan fingerprint density at radius 1 is 1.12 bits per heavy atom. The summed E-state index contributed by atoms with van der Waals surface area (Å²) in [5, 5.41) is 0. The quantitative estimate of drug-likeness (QED) is 0.780. The first-order valence-electron chi connectivity index (χ1n) is 7.45. The number of carbonyl (C=O) groups excluding carboxylic acids is 1. The van der Waals surface area contributed by atoms with Gasteiger partial charge in [0.05, 0.1) is 9.73 Å². The van der Waals surface area contributed by atoms with Gasteiger partial charge in [-0.15, -0.1) is 4.36 Å². The molecule has 0 aliphatic rings. The molecule has 0 radical (unpaired) electrons. The summed E-state index contributed by atoms with van der Waals surface area (Å²) in [4.78, 5) is 12.5. The number of hydrogen-bond donors (Lipinski definition) is 1. The molecule has 24 heavy (non-hydrogen) atoms. The minimum Gasteiger partial charge on any atom is -0.443 e. The van der Waals surface area contributed by atoms with Crippen molar-refractivity contribution >= 4 is 31.8 Å². The Balaban J connectivity index is 2.19. The summed E-state index contributed by atoms with van der Waals surface area (Å²) in [5.74, 6) is 0.214. The van der Waals surface area contributed by atoms with Gasteiger partial charge in [-0.25, -0.2) is 9.00 Å². The summed E-state index contributed by atoms with van der Waals surface area (Å²) in [7, 11) is -2.90. The maximum atomic E-state index is 13.1. The van der Waals surface area contributed by atoms with Crippen LogP contribution in [0.1, 0.15) is 12.0 Å². The SMILES string of the molecule is NCCCS(=O)(=NC(=O)OCc1ccccc1)c1ccc(Br)cc1. The predicted octanol–water partition coefficient (Wildman–Crippen LogP) is 3.96. The molecule has 0 fully saturated rings. The summed E-state index contributed by atoms with van der Waals surface area (Å²) in [6, 6.07) is 16.2. The highest BCUT2D eigenvalue weighted by atomic mass is 79.9. The molecule has 0 heterocycles. The number of hydrogen-bond acceptors (Lipinski definition) is 4. The Morgan fingerprint density at radius 2 is 1.79 bits per heavy atom. The fraction of sp³-hybridized carbons (Fsp3) is 0.235. The molecular formula is C17H19BrN2O3S. The Hall–Kier alpha value is -1.70. The maximum absolute atomic E-state index is 13.1. The Kier molecular flexibility index (Phi) is 6.96. The van der Waals surface area contributed by atoms with Gasteiger partial charge in [-0.2, -0.15) is 0 Å². The minimum absolute atomic E-state index is 0.0932. The predicted molar refractivity (Wildman–Crippen MR) is 98.1 cm³/mol. The molecule has 128 valence electrons. The number of carbonyl (C=O) groups is 1. The molecule has 0 saturated carbocycles. The lowest BCUT2D eigenvalue weighted by molar-refractivity contribution is 0.151. The number of benzene rings is 2. The van der Waals surface area contributed by atoms with Gasteiger partial charge >= 0.3 is 6.09 Å². The van der Waals surface area contributed by atoms with Gasteiger partial charge in [0.1, 0.15) is 6.61 Å². The van der Waals surface area contributed by atoms with Gasteiger partial charge in [-0.3, -0.25) is 0 Å². The van der Waals surface area contributed by atoms with Crippen molar-refractivity contribution in [2.24, 2.45) is 10.1 Å². The molecule has 1 unspecified atom stereocenters. The van der Waals surface area contributed by atoms with E-state index in [0.29, 0.717) is 17.9 Å². The van der Waals surface area contributed by atoms with E-state index >= 15 is 0 Å². The highest BCUT2D eigenvalue weighted by molar-refractivity contribution is 9.10. The Bertz CT molecular complexity index is 785. The highest BCUT2D eigenvalue weighted by Gasteiger charge is 2.16. The van der Waals surface area contributed by atoms with E-state index in [-0.39, 0.29) is 12.4 Å². The molecule has 2 aromatic carbocycles. The third-order valence-corrected chi connectivity index (χ3v) is 6.06. The largest absolute Gasteiger partial charge is 0.443 e. The van der Waals surface area contributed by atoms with Crippen LogP contribution in [0.4, 0.5) is 4.79 Å². The molecule has 0 aliphatic carbocycles. The Morgan fingerprint density at radius 3 is 2.42 bits per heavy atom. The minimum atomic E-state index is -2.90. The first-order valence-corrected chi connectivity index (χ1v) is 9.92. The van der Waals surface area contributed by atoms with Crippen molar-refractivity contribution in [2.75, 3.05) is 12.3 Å². The van der Waals surface area contributed by atoms with Gasteiger partial charge < -0.3 is 10.5 Å². The van der Waals surface area contributed by atoms with Crippen LogP contribution in [0.5, 0.6) is 0 Å². The average molecular weight is 411 g/mol. The number of nitrogens with two attached hydrogens (primary N) is 1. The molecular weight excluding hydrogens is 392 g/mol. The van der Waals surface area contributed by atoms with Crippen molar-refractivity contribution < 1.29 is 13.7 Å². The van der Waals surface area contributed by atoms with Gasteiger partial charge in [0.25, 0.3) is 0 Å². The second-order valence-electron chi connectivity index (χ2n) is 5.07. The van der Waals surface area contributed by atoms with Gasteiger partial charge in [-0.1, -0.05) is 46.3 Å². The van der Waals surface area contributed by atoms with Crippen LogP contribution in [0, 0.1) is 0 Å². The standard InChI is InChI=1S/C17H19BrN2O3S/c18-15-7-9-16(10-8-15)24(22,12-4-11-19)20-17(21)23-13-14-5-2-1-3-6-14/h1-3,5-10H,4,11-13,19H2. The Labute approximate surface area is 150 Å². The maximum Gasteiger partial charge on any atom is 0.442 e. The van der Waals surface area contributed by atoms with Gasteiger partial charge in [-0.05, 0) is 42.8 Å². The lowest BCUT2D eigenvalue weighted by atomic mass is 10.2. The molecule has 5 nitrogen and oxygen atoms in total. The van der Waals surface area contributed by atoms with E-state index in [0.717, 1.165) is 10.0 Å². The van der Waals surface area contributed by atoms with Crippen LogP contribution in [0.3, 0.4) is 0 Å². The van der Waals surface area contributed by atoms with Crippen LogP contribution in [-0.4, -0.2) is 22.6 Å². The number of ether oxygens (including phenoxy) is 1. The van der Waals surface area contributed by atoms with Crippen LogP contribution >= 0.6 is 15.9 Å². The smallest absolute Gasteiger partial charge is 0.442 e. The molecule has 7 heteroatoms. The summed E-state index contributed by atoms with van der Waals surface area (Å²) >= 11 is 3.33. The molecule has 0 saturated heterocycles. The summed E-state index contributed by atoms with van der Waals surface area (Å²) < 4.78 is 23.0. The van der Waals surface area contributed by atoms with E-state index in [4.69, 9.17) is 10.5 Å². The monoisotopic (exact) mass is 410 g/mol. The zero-order chi connectivity index (χ0) is 17.4. The van der Waals surface area contributed by atoms with E-state index < -0.39 is 15.8 Å². The summed E-state index contributed by atoms with van der Waals surface area (Å²) in [5.41, 5.74) is 6.36. The second kappa shape index (κ2) is 8.96. The lowest BCUT2D eigenvalue weighted by Gasteiger charge is -2.10. The number of rotatable bonds is 6. The number of halogens is 1.